The van der Waals surface area contributed by atoms with Crippen molar-refractivity contribution in [2.75, 3.05) is 26.7 Å². The minimum atomic E-state index is 0.717. The summed E-state index contributed by atoms with van der Waals surface area (Å²) in [6, 6.07) is 0.717. The summed E-state index contributed by atoms with van der Waals surface area (Å²) in [5.74, 6) is 0. The van der Waals surface area contributed by atoms with Crippen LogP contribution in [0.15, 0.2) is 12.2 Å². The molecule has 0 aromatic carbocycles. The molecule has 0 saturated carbocycles. The first-order chi connectivity index (χ1) is 6.22. The third kappa shape index (κ3) is 3.92. The fraction of sp³-hybridized carbons (Fsp3) is 0.818. The van der Waals surface area contributed by atoms with Crippen LogP contribution in [0.4, 0.5) is 0 Å². The van der Waals surface area contributed by atoms with Crippen molar-refractivity contribution in [1.29, 1.82) is 0 Å². The first-order valence-electron chi connectivity index (χ1n) is 5.31. The lowest BCUT2D eigenvalue weighted by atomic mass is 10.2. The molecule has 1 heterocycles. The van der Waals surface area contributed by atoms with E-state index in [4.69, 9.17) is 0 Å². The third-order valence-corrected chi connectivity index (χ3v) is 2.69. The average Bonchev–Trinajstić information content (AvgIpc) is 2.56. The molecule has 1 fully saturated rings. The molecule has 0 amide bonds. The standard InChI is InChI=1S/C11H22N2/c1-4-10(2)8-13(3)9-11-6-5-7-12-11/h11-12H,2,4-9H2,1,3H3. The van der Waals surface area contributed by atoms with E-state index in [9.17, 15) is 0 Å². The Morgan fingerprint density at radius 3 is 2.92 bits per heavy atom. The lowest BCUT2D eigenvalue weighted by molar-refractivity contribution is 0.320. The van der Waals surface area contributed by atoms with Crippen LogP contribution in [-0.4, -0.2) is 37.6 Å². The SMILES string of the molecule is C=C(CC)CN(C)CC1CCCN1. The molecule has 0 aromatic rings. The molecule has 2 heteroatoms. The highest BCUT2D eigenvalue weighted by atomic mass is 15.1. The van der Waals surface area contributed by atoms with Crippen LogP contribution in [0.3, 0.4) is 0 Å². The molecule has 1 unspecified atom stereocenters. The third-order valence-electron chi connectivity index (χ3n) is 2.69. The van der Waals surface area contributed by atoms with Gasteiger partial charge in [-0.05, 0) is 32.9 Å². The van der Waals surface area contributed by atoms with Gasteiger partial charge in [0.15, 0.2) is 0 Å². The fourth-order valence-corrected chi connectivity index (χ4v) is 1.85. The van der Waals surface area contributed by atoms with Gasteiger partial charge >= 0.3 is 0 Å². The second kappa shape index (κ2) is 5.40. The molecule has 0 radical (unpaired) electrons. The smallest absolute Gasteiger partial charge is 0.0195 e. The van der Waals surface area contributed by atoms with Gasteiger partial charge in [0.1, 0.15) is 0 Å². The van der Waals surface area contributed by atoms with E-state index >= 15 is 0 Å². The highest BCUT2D eigenvalue weighted by molar-refractivity contribution is 4.96. The summed E-state index contributed by atoms with van der Waals surface area (Å²) in [5, 5.41) is 3.51. The summed E-state index contributed by atoms with van der Waals surface area (Å²) in [5.41, 5.74) is 1.33. The molecule has 76 valence electrons. The van der Waals surface area contributed by atoms with E-state index in [1.165, 1.54) is 31.5 Å². The molecule has 1 atom stereocenters. The zero-order valence-corrected chi connectivity index (χ0v) is 8.97. The monoisotopic (exact) mass is 182 g/mol. The molecule has 0 aliphatic carbocycles. The first-order valence-corrected chi connectivity index (χ1v) is 5.31. The van der Waals surface area contributed by atoms with Gasteiger partial charge in [-0.3, -0.25) is 0 Å². The second-order valence-corrected chi connectivity index (χ2v) is 4.09. The van der Waals surface area contributed by atoms with Crippen LogP contribution in [-0.2, 0) is 0 Å². The van der Waals surface area contributed by atoms with E-state index in [1.807, 2.05) is 0 Å². The quantitative estimate of drug-likeness (QED) is 0.650. The van der Waals surface area contributed by atoms with Gasteiger partial charge in [-0.2, -0.15) is 0 Å². The summed E-state index contributed by atoms with van der Waals surface area (Å²) < 4.78 is 0. The van der Waals surface area contributed by atoms with Gasteiger partial charge in [-0.15, -0.1) is 0 Å². The van der Waals surface area contributed by atoms with Crippen molar-refractivity contribution in [3.05, 3.63) is 12.2 Å². The Labute approximate surface area is 82.0 Å². The number of hydrogen-bond acceptors (Lipinski definition) is 2. The predicted molar refractivity (Wildman–Crippen MR) is 58.0 cm³/mol. The van der Waals surface area contributed by atoms with Crippen LogP contribution in [0.2, 0.25) is 0 Å². The normalized spacial score (nSPS) is 22.5. The Bertz CT molecular complexity index is 159. The molecule has 1 saturated heterocycles. The number of nitrogens with zero attached hydrogens (tertiary/aromatic N) is 1. The van der Waals surface area contributed by atoms with Crippen LogP contribution in [0.5, 0.6) is 0 Å². The molecule has 0 spiro atoms. The van der Waals surface area contributed by atoms with Crippen LogP contribution in [0.1, 0.15) is 26.2 Å². The maximum absolute atomic E-state index is 4.03. The Hall–Kier alpha value is -0.340. The van der Waals surface area contributed by atoms with E-state index in [2.05, 4.69) is 30.8 Å². The molecule has 1 aliphatic heterocycles. The van der Waals surface area contributed by atoms with Crippen molar-refractivity contribution in [3.63, 3.8) is 0 Å². The molecule has 0 aromatic heterocycles. The van der Waals surface area contributed by atoms with Gasteiger partial charge in [0.25, 0.3) is 0 Å². The fourth-order valence-electron chi connectivity index (χ4n) is 1.85. The van der Waals surface area contributed by atoms with E-state index < -0.39 is 0 Å². The van der Waals surface area contributed by atoms with Gasteiger partial charge in [0.2, 0.25) is 0 Å². The molecular formula is C11H22N2. The zero-order valence-electron chi connectivity index (χ0n) is 8.97. The number of rotatable bonds is 5. The molecule has 1 rings (SSSR count). The maximum Gasteiger partial charge on any atom is 0.0195 e. The van der Waals surface area contributed by atoms with Crippen LogP contribution < -0.4 is 5.32 Å². The second-order valence-electron chi connectivity index (χ2n) is 4.09. The van der Waals surface area contributed by atoms with Crippen molar-refractivity contribution in [2.24, 2.45) is 0 Å². The molecule has 0 bridgehead atoms. The van der Waals surface area contributed by atoms with Gasteiger partial charge in [0, 0.05) is 19.1 Å². The van der Waals surface area contributed by atoms with Crippen molar-refractivity contribution >= 4 is 0 Å². The minimum absolute atomic E-state index is 0.717. The summed E-state index contributed by atoms with van der Waals surface area (Å²) in [7, 11) is 2.18. The van der Waals surface area contributed by atoms with Gasteiger partial charge in [0.05, 0.1) is 0 Å². The Kier molecular flexibility index (Phi) is 4.46. The van der Waals surface area contributed by atoms with E-state index in [1.54, 1.807) is 0 Å². The van der Waals surface area contributed by atoms with Crippen LogP contribution in [0.25, 0.3) is 0 Å². The first kappa shape index (κ1) is 10.7. The summed E-state index contributed by atoms with van der Waals surface area (Å²) in [6.07, 6.45) is 3.78. The molecule has 2 nitrogen and oxygen atoms in total. The van der Waals surface area contributed by atoms with Gasteiger partial charge < -0.3 is 10.2 Å². The Morgan fingerprint density at radius 2 is 2.38 bits per heavy atom. The number of hydrogen-bond donors (Lipinski definition) is 1. The zero-order chi connectivity index (χ0) is 9.68. The van der Waals surface area contributed by atoms with Gasteiger partial charge in [-0.1, -0.05) is 19.1 Å². The topological polar surface area (TPSA) is 15.3 Å². The van der Waals surface area contributed by atoms with Crippen LogP contribution >= 0.6 is 0 Å². The minimum Gasteiger partial charge on any atom is -0.313 e. The van der Waals surface area contributed by atoms with Crippen molar-refractivity contribution < 1.29 is 0 Å². The van der Waals surface area contributed by atoms with Gasteiger partial charge in [-0.25, -0.2) is 0 Å². The largest absolute Gasteiger partial charge is 0.313 e. The lowest BCUT2D eigenvalue weighted by Crippen LogP contribution is -2.36. The van der Waals surface area contributed by atoms with E-state index in [0.29, 0.717) is 0 Å². The predicted octanol–water partition coefficient (Wildman–Crippen LogP) is 1.64. The number of nitrogens with one attached hydrogen (secondary N) is 1. The van der Waals surface area contributed by atoms with E-state index in [0.717, 1.165) is 19.0 Å². The Balaban J connectivity index is 2.16. The Morgan fingerprint density at radius 1 is 1.62 bits per heavy atom. The van der Waals surface area contributed by atoms with Crippen molar-refractivity contribution in [3.8, 4) is 0 Å². The highest BCUT2D eigenvalue weighted by Gasteiger charge is 2.15. The lowest BCUT2D eigenvalue weighted by Gasteiger charge is -2.21. The number of likely N-dealkylation sites (N-methyl/N-ethyl adjacent to an activating group) is 1. The van der Waals surface area contributed by atoms with E-state index in [-0.39, 0.29) is 0 Å². The highest BCUT2D eigenvalue weighted by Crippen LogP contribution is 2.07. The molecular weight excluding hydrogens is 160 g/mol. The average molecular weight is 182 g/mol. The maximum atomic E-state index is 4.03. The summed E-state index contributed by atoms with van der Waals surface area (Å²) >= 11 is 0. The molecule has 13 heavy (non-hydrogen) atoms. The summed E-state index contributed by atoms with van der Waals surface area (Å²) in [6.45, 7) is 9.61. The van der Waals surface area contributed by atoms with Crippen LogP contribution in [0, 0.1) is 0 Å². The van der Waals surface area contributed by atoms with Crippen molar-refractivity contribution in [1.82, 2.24) is 10.2 Å². The summed E-state index contributed by atoms with van der Waals surface area (Å²) in [4.78, 5) is 2.37. The van der Waals surface area contributed by atoms with Crippen molar-refractivity contribution in [2.45, 2.75) is 32.2 Å². The molecule has 1 N–H and O–H groups in total. The molecule has 1 aliphatic rings.